The number of hydrogen-bond acceptors (Lipinski definition) is 4. The van der Waals surface area contributed by atoms with Gasteiger partial charge in [-0.15, -0.1) is 0 Å². The number of ether oxygens (including phenoxy) is 2. The summed E-state index contributed by atoms with van der Waals surface area (Å²) in [4.78, 5) is 23.4. The molecule has 0 aliphatic carbocycles. The van der Waals surface area contributed by atoms with E-state index in [4.69, 9.17) is 9.47 Å². The van der Waals surface area contributed by atoms with E-state index in [1.165, 1.54) is 51.4 Å². The van der Waals surface area contributed by atoms with Gasteiger partial charge in [-0.05, 0) is 25.7 Å². The summed E-state index contributed by atoms with van der Waals surface area (Å²) in [7, 11) is 0. The molecule has 0 aromatic heterocycles. The third-order valence-corrected chi connectivity index (χ3v) is 4.89. The fourth-order valence-corrected chi connectivity index (χ4v) is 3.14. The lowest BCUT2D eigenvalue weighted by atomic mass is 10.1. The summed E-state index contributed by atoms with van der Waals surface area (Å²) in [5.41, 5.74) is 0. The fraction of sp³-hybridized carbons (Fsp3) is 0.913. The van der Waals surface area contributed by atoms with Crippen LogP contribution in [0.5, 0.6) is 0 Å². The first-order valence-electron chi connectivity index (χ1n) is 11.5. The highest BCUT2D eigenvalue weighted by atomic mass is 16.5. The normalized spacial score (nSPS) is 12.0. The van der Waals surface area contributed by atoms with E-state index in [1.807, 2.05) is 6.92 Å². The second-order valence-corrected chi connectivity index (χ2v) is 7.56. The predicted octanol–water partition coefficient (Wildman–Crippen LogP) is 6.74. The second-order valence-electron chi connectivity index (χ2n) is 7.56. The molecule has 4 nitrogen and oxygen atoms in total. The first-order valence-corrected chi connectivity index (χ1v) is 11.5. The molecule has 0 N–H and O–H groups in total. The van der Waals surface area contributed by atoms with Gasteiger partial charge in [0.25, 0.3) is 0 Å². The zero-order chi connectivity index (χ0) is 20.2. The molecule has 0 radical (unpaired) electrons. The highest BCUT2D eigenvalue weighted by Crippen LogP contribution is 2.11. The Kier molecular flexibility index (Phi) is 18.9. The smallest absolute Gasteiger partial charge is 0.306 e. The van der Waals surface area contributed by atoms with Crippen LogP contribution in [0, 0.1) is 0 Å². The molecule has 4 heteroatoms. The van der Waals surface area contributed by atoms with Crippen molar-refractivity contribution in [3.8, 4) is 0 Å². The van der Waals surface area contributed by atoms with Gasteiger partial charge in [-0.25, -0.2) is 0 Å². The Labute approximate surface area is 167 Å². The molecule has 0 aliphatic heterocycles. The lowest BCUT2D eigenvalue weighted by Crippen LogP contribution is -2.17. The maximum absolute atomic E-state index is 11.8. The van der Waals surface area contributed by atoms with E-state index in [9.17, 15) is 9.59 Å². The molecule has 0 bridgehead atoms. The van der Waals surface area contributed by atoms with Crippen LogP contribution in [-0.4, -0.2) is 24.6 Å². The summed E-state index contributed by atoms with van der Waals surface area (Å²) in [6, 6.07) is 0. The molecule has 1 atom stereocenters. The van der Waals surface area contributed by atoms with E-state index in [1.54, 1.807) is 0 Å². The van der Waals surface area contributed by atoms with Crippen LogP contribution in [0.3, 0.4) is 0 Å². The van der Waals surface area contributed by atoms with Crippen LogP contribution < -0.4 is 0 Å². The molecule has 0 saturated heterocycles. The monoisotopic (exact) mass is 384 g/mol. The number of carbonyl (C=O) groups is 2. The molecule has 0 amide bonds. The number of rotatable bonds is 19. The second kappa shape index (κ2) is 19.7. The zero-order valence-electron chi connectivity index (χ0n) is 18.2. The van der Waals surface area contributed by atoms with E-state index in [0.29, 0.717) is 25.9 Å². The van der Waals surface area contributed by atoms with Crippen LogP contribution in [0.15, 0.2) is 0 Å². The SMILES string of the molecule is CCCCCCCCCCCCOC(=O)CCCC(=O)OC(CC)CCC. The van der Waals surface area contributed by atoms with Crippen molar-refractivity contribution in [2.45, 2.75) is 130 Å². The van der Waals surface area contributed by atoms with Crippen molar-refractivity contribution in [3.05, 3.63) is 0 Å². The summed E-state index contributed by atoms with van der Waals surface area (Å²) in [6.07, 6.45) is 16.6. The molecule has 160 valence electrons. The first kappa shape index (κ1) is 25.9. The van der Waals surface area contributed by atoms with E-state index < -0.39 is 0 Å². The van der Waals surface area contributed by atoms with Gasteiger partial charge < -0.3 is 9.47 Å². The molecule has 27 heavy (non-hydrogen) atoms. The van der Waals surface area contributed by atoms with E-state index in [2.05, 4.69) is 13.8 Å². The van der Waals surface area contributed by atoms with Gasteiger partial charge in [0, 0.05) is 12.8 Å². The van der Waals surface area contributed by atoms with Gasteiger partial charge in [0.15, 0.2) is 0 Å². The lowest BCUT2D eigenvalue weighted by molar-refractivity contribution is -0.150. The molecule has 0 saturated carbocycles. The minimum Gasteiger partial charge on any atom is -0.466 e. The summed E-state index contributed by atoms with van der Waals surface area (Å²) < 4.78 is 10.6. The van der Waals surface area contributed by atoms with Crippen LogP contribution >= 0.6 is 0 Å². The summed E-state index contributed by atoms with van der Waals surface area (Å²) in [6.45, 7) is 6.87. The van der Waals surface area contributed by atoms with Crippen molar-refractivity contribution < 1.29 is 19.1 Å². The lowest BCUT2D eigenvalue weighted by Gasteiger charge is -2.15. The van der Waals surface area contributed by atoms with E-state index in [0.717, 1.165) is 32.1 Å². The molecule has 1 unspecified atom stereocenters. The molecule has 0 heterocycles. The van der Waals surface area contributed by atoms with Crippen molar-refractivity contribution in [2.24, 2.45) is 0 Å². The summed E-state index contributed by atoms with van der Waals surface area (Å²) >= 11 is 0. The van der Waals surface area contributed by atoms with Gasteiger partial charge in [-0.1, -0.05) is 85.0 Å². The van der Waals surface area contributed by atoms with Gasteiger partial charge >= 0.3 is 11.9 Å². The van der Waals surface area contributed by atoms with Gasteiger partial charge in [0.2, 0.25) is 0 Å². The third kappa shape index (κ3) is 18.1. The molecule has 0 spiro atoms. The average Bonchev–Trinajstić information content (AvgIpc) is 2.65. The third-order valence-electron chi connectivity index (χ3n) is 4.89. The Morgan fingerprint density at radius 2 is 1.22 bits per heavy atom. The number of hydrogen-bond donors (Lipinski definition) is 0. The largest absolute Gasteiger partial charge is 0.466 e. The average molecular weight is 385 g/mol. The Morgan fingerprint density at radius 1 is 0.667 bits per heavy atom. The van der Waals surface area contributed by atoms with Crippen LogP contribution in [0.4, 0.5) is 0 Å². The minimum atomic E-state index is -0.196. The quantitative estimate of drug-likeness (QED) is 0.183. The first-order chi connectivity index (χ1) is 13.1. The highest BCUT2D eigenvalue weighted by molar-refractivity contribution is 5.72. The molecule has 0 rings (SSSR count). The molecule has 0 fully saturated rings. The maximum Gasteiger partial charge on any atom is 0.306 e. The van der Waals surface area contributed by atoms with Gasteiger partial charge in [0.05, 0.1) is 6.61 Å². The van der Waals surface area contributed by atoms with Crippen LogP contribution in [0.25, 0.3) is 0 Å². The van der Waals surface area contributed by atoms with E-state index in [-0.39, 0.29) is 18.0 Å². The Bertz CT molecular complexity index is 354. The maximum atomic E-state index is 11.8. The molecular weight excluding hydrogens is 340 g/mol. The van der Waals surface area contributed by atoms with Crippen molar-refractivity contribution in [3.63, 3.8) is 0 Å². The molecule has 0 aliphatic rings. The fourth-order valence-electron chi connectivity index (χ4n) is 3.14. The number of carbonyl (C=O) groups excluding carboxylic acids is 2. The molecular formula is C23H44O4. The summed E-state index contributed by atoms with van der Waals surface area (Å²) in [5, 5.41) is 0. The van der Waals surface area contributed by atoms with Gasteiger partial charge in [0.1, 0.15) is 6.10 Å². The predicted molar refractivity (Wildman–Crippen MR) is 112 cm³/mol. The van der Waals surface area contributed by atoms with Crippen LogP contribution in [0.1, 0.15) is 124 Å². The standard InChI is InChI=1S/C23H44O4/c1-4-7-8-9-10-11-12-13-14-15-20-26-22(24)18-16-19-23(25)27-21(6-3)17-5-2/h21H,4-20H2,1-3H3. The van der Waals surface area contributed by atoms with Gasteiger partial charge in [-0.2, -0.15) is 0 Å². The Hall–Kier alpha value is -1.06. The van der Waals surface area contributed by atoms with E-state index >= 15 is 0 Å². The van der Waals surface area contributed by atoms with Gasteiger partial charge in [-0.3, -0.25) is 9.59 Å². The van der Waals surface area contributed by atoms with Crippen molar-refractivity contribution in [1.82, 2.24) is 0 Å². The minimum absolute atomic E-state index is 0.0193. The number of esters is 2. The highest BCUT2D eigenvalue weighted by Gasteiger charge is 2.12. The molecule has 0 aromatic carbocycles. The Morgan fingerprint density at radius 3 is 1.78 bits per heavy atom. The number of unbranched alkanes of at least 4 members (excludes halogenated alkanes) is 9. The van der Waals surface area contributed by atoms with Crippen LogP contribution in [-0.2, 0) is 19.1 Å². The van der Waals surface area contributed by atoms with Crippen LogP contribution in [0.2, 0.25) is 0 Å². The van der Waals surface area contributed by atoms with Crippen molar-refractivity contribution >= 4 is 11.9 Å². The van der Waals surface area contributed by atoms with Crippen molar-refractivity contribution in [2.75, 3.05) is 6.61 Å². The Balaban J connectivity index is 3.43. The van der Waals surface area contributed by atoms with Crippen molar-refractivity contribution in [1.29, 1.82) is 0 Å². The summed E-state index contributed by atoms with van der Waals surface area (Å²) in [5.74, 6) is -0.392. The zero-order valence-corrected chi connectivity index (χ0v) is 18.2. The topological polar surface area (TPSA) is 52.6 Å². The molecule has 0 aromatic rings.